The third kappa shape index (κ3) is 5.87. The van der Waals surface area contributed by atoms with Crippen LogP contribution in [-0.2, 0) is 9.59 Å². The minimum absolute atomic E-state index is 0.163. The van der Waals surface area contributed by atoms with E-state index in [1.165, 1.54) is 12.1 Å². The van der Waals surface area contributed by atoms with E-state index in [1.807, 2.05) is 9.80 Å². The first-order valence-electron chi connectivity index (χ1n) is 8.71. The van der Waals surface area contributed by atoms with E-state index in [1.54, 1.807) is 25.1 Å². The fourth-order valence-corrected chi connectivity index (χ4v) is 2.88. The van der Waals surface area contributed by atoms with Crippen LogP contribution in [0.5, 0.6) is 0 Å². The largest absolute Gasteiger partial charge is 0.338 e. The number of nitrogens with one attached hydrogen (secondary N) is 2. The fourth-order valence-electron chi connectivity index (χ4n) is 2.88. The summed E-state index contributed by atoms with van der Waals surface area (Å²) < 4.78 is 18.1. The number of carbonyl (C=O) groups is 2. The van der Waals surface area contributed by atoms with Crippen LogP contribution in [0.4, 0.5) is 16.0 Å². The van der Waals surface area contributed by atoms with Crippen LogP contribution < -0.4 is 10.6 Å². The van der Waals surface area contributed by atoms with E-state index in [4.69, 9.17) is 4.52 Å². The Morgan fingerprint density at radius 3 is 2.26 bits per heavy atom. The standard InChI is InChI=1S/C18H22FN5O3/c1-13-9-18(27-22-13)21-17(26)12-24-7-5-23(6-8-24)11-16(25)20-15-4-2-3-14(19)10-15/h2-4,9-10H,5-8,11-12H2,1H3,(H,20,25)(H,21,26). The third-order valence-corrected chi connectivity index (χ3v) is 4.20. The first kappa shape index (κ1) is 19.0. The maximum atomic E-state index is 13.2. The van der Waals surface area contributed by atoms with Gasteiger partial charge in [0, 0.05) is 37.9 Å². The Morgan fingerprint density at radius 1 is 1.07 bits per heavy atom. The molecule has 2 aromatic rings. The molecule has 1 aliphatic rings. The summed E-state index contributed by atoms with van der Waals surface area (Å²) >= 11 is 0. The van der Waals surface area contributed by atoms with E-state index in [-0.39, 0.29) is 30.7 Å². The summed E-state index contributed by atoms with van der Waals surface area (Å²) in [6.45, 7) is 4.96. The molecule has 1 aromatic carbocycles. The second-order valence-corrected chi connectivity index (χ2v) is 6.49. The van der Waals surface area contributed by atoms with Crippen molar-refractivity contribution in [1.82, 2.24) is 15.0 Å². The average molecular weight is 375 g/mol. The lowest BCUT2D eigenvalue weighted by atomic mass is 10.3. The zero-order valence-electron chi connectivity index (χ0n) is 15.1. The minimum Gasteiger partial charge on any atom is -0.338 e. The number of anilines is 2. The average Bonchev–Trinajstić information content (AvgIpc) is 3.01. The molecule has 0 bridgehead atoms. The summed E-state index contributed by atoms with van der Waals surface area (Å²) in [6.07, 6.45) is 0. The molecule has 1 aromatic heterocycles. The van der Waals surface area contributed by atoms with Gasteiger partial charge in [-0.25, -0.2) is 4.39 Å². The Balaban J connectivity index is 1.38. The third-order valence-electron chi connectivity index (χ3n) is 4.20. The van der Waals surface area contributed by atoms with Crippen molar-refractivity contribution in [3.05, 3.63) is 41.8 Å². The van der Waals surface area contributed by atoms with Gasteiger partial charge in [0.1, 0.15) is 5.82 Å². The minimum atomic E-state index is -0.389. The second-order valence-electron chi connectivity index (χ2n) is 6.49. The van der Waals surface area contributed by atoms with E-state index < -0.39 is 0 Å². The monoisotopic (exact) mass is 375 g/mol. The van der Waals surface area contributed by atoms with Crippen LogP contribution in [0.2, 0.25) is 0 Å². The maximum absolute atomic E-state index is 13.2. The number of carbonyl (C=O) groups excluding carboxylic acids is 2. The highest BCUT2D eigenvalue weighted by Crippen LogP contribution is 2.10. The molecule has 2 N–H and O–H groups in total. The van der Waals surface area contributed by atoms with E-state index in [9.17, 15) is 14.0 Å². The molecule has 1 aliphatic heterocycles. The van der Waals surface area contributed by atoms with Crippen LogP contribution >= 0.6 is 0 Å². The van der Waals surface area contributed by atoms with Gasteiger partial charge in [-0.3, -0.25) is 24.7 Å². The summed E-state index contributed by atoms with van der Waals surface area (Å²) in [7, 11) is 0. The predicted molar refractivity (Wildman–Crippen MR) is 97.8 cm³/mol. The van der Waals surface area contributed by atoms with Gasteiger partial charge in [-0.2, -0.15) is 0 Å². The maximum Gasteiger partial charge on any atom is 0.240 e. The Hall–Kier alpha value is -2.78. The molecule has 0 unspecified atom stereocenters. The van der Waals surface area contributed by atoms with Crippen molar-refractivity contribution in [2.75, 3.05) is 49.9 Å². The van der Waals surface area contributed by atoms with Crippen LogP contribution in [-0.4, -0.2) is 66.0 Å². The van der Waals surface area contributed by atoms with Crippen LogP contribution in [0.1, 0.15) is 5.69 Å². The lowest BCUT2D eigenvalue weighted by Gasteiger charge is -2.33. The first-order valence-corrected chi connectivity index (χ1v) is 8.71. The summed E-state index contributed by atoms with van der Waals surface area (Å²) in [5.74, 6) is -0.402. The van der Waals surface area contributed by atoms with Crippen molar-refractivity contribution in [3.63, 3.8) is 0 Å². The lowest BCUT2D eigenvalue weighted by Crippen LogP contribution is -2.50. The summed E-state index contributed by atoms with van der Waals surface area (Å²) in [5, 5.41) is 9.08. The van der Waals surface area contributed by atoms with Crippen LogP contribution in [0.15, 0.2) is 34.9 Å². The van der Waals surface area contributed by atoms with Crippen LogP contribution in [0.3, 0.4) is 0 Å². The van der Waals surface area contributed by atoms with Gasteiger partial charge in [0.05, 0.1) is 18.8 Å². The Labute approximate surface area is 156 Å². The Morgan fingerprint density at radius 2 is 1.70 bits per heavy atom. The lowest BCUT2D eigenvalue weighted by molar-refractivity contribution is -0.120. The smallest absolute Gasteiger partial charge is 0.240 e. The van der Waals surface area contributed by atoms with E-state index >= 15 is 0 Å². The quantitative estimate of drug-likeness (QED) is 0.791. The molecular formula is C18H22FN5O3. The van der Waals surface area contributed by atoms with E-state index in [2.05, 4.69) is 15.8 Å². The molecule has 0 atom stereocenters. The molecule has 2 amide bonds. The first-order chi connectivity index (χ1) is 13.0. The van der Waals surface area contributed by atoms with Crippen molar-refractivity contribution < 1.29 is 18.5 Å². The van der Waals surface area contributed by atoms with Gasteiger partial charge in [-0.05, 0) is 25.1 Å². The molecule has 0 radical (unpaired) electrons. The van der Waals surface area contributed by atoms with E-state index in [0.717, 1.165) is 0 Å². The van der Waals surface area contributed by atoms with Gasteiger partial charge in [-0.1, -0.05) is 11.2 Å². The van der Waals surface area contributed by atoms with Crippen molar-refractivity contribution in [2.24, 2.45) is 0 Å². The Bertz CT molecular complexity index is 802. The Kier molecular flexibility index (Phi) is 6.15. The highest BCUT2D eigenvalue weighted by atomic mass is 19.1. The number of halogens is 1. The molecule has 144 valence electrons. The van der Waals surface area contributed by atoms with Gasteiger partial charge in [0.15, 0.2) is 0 Å². The number of hydrogen-bond acceptors (Lipinski definition) is 6. The number of amides is 2. The highest BCUT2D eigenvalue weighted by Gasteiger charge is 2.21. The zero-order valence-corrected chi connectivity index (χ0v) is 15.1. The molecule has 0 spiro atoms. The predicted octanol–water partition coefficient (Wildman–Crippen LogP) is 1.32. The normalized spacial score (nSPS) is 15.5. The second kappa shape index (κ2) is 8.74. The molecular weight excluding hydrogens is 353 g/mol. The van der Waals surface area contributed by atoms with Gasteiger partial charge >= 0.3 is 0 Å². The topological polar surface area (TPSA) is 90.7 Å². The molecule has 8 nitrogen and oxygen atoms in total. The zero-order chi connectivity index (χ0) is 19.2. The number of aromatic nitrogens is 1. The van der Waals surface area contributed by atoms with Crippen molar-refractivity contribution in [1.29, 1.82) is 0 Å². The molecule has 0 saturated carbocycles. The van der Waals surface area contributed by atoms with Crippen molar-refractivity contribution >= 4 is 23.4 Å². The molecule has 3 rings (SSSR count). The molecule has 0 aliphatic carbocycles. The van der Waals surface area contributed by atoms with Crippen LogP contribution in [0, 0.1) is 12.7 Å². The molecule has 9 heteroatoms. The van der Waals surface area contributed by atoms with Crippen LogP contribution in [0.25, 0.3) is 0 Å². The number of benzene rings is 1. The van der Waals surface area contributed by atoms with Gasteiger partial charge < -0.3 is 9.84 Å². The van der Waals surface area contributed by atoms with Gasteiger partial charge in [0.25, 0.3) is 0 Å². The van der Waals surface area contributed by atoms with Gasteiger partial charge in [-0.15, -0.1) is 0 Å². The highest BCUT2D eigenvalue weighted by molar-refractivity contribution is 5.92. The number of nitrogens with zero attached hydrogens (tertiary/aromatic N) is 3. The molecule has 1 saturated heterocycles. The summed E-state index contributed by atoms with van der Waals surface area (Å²) in [6, 6.07) is 7.47. The number of rotatable bonds is 6. The molecule has 27 heavy (non-hydrogen) atoms. The molecule has 2 heterocycles. The summed E-state index contributed by atoms with van der Waals surface area (Å²) in [5.41, 5.74) is 1.15. The summed E-state index contributed by atoms with van der Waals surface area (Å²) in [4.78, 5) is 28.1. The SMILES string of the molecule is Cc1cc(NC(=O)CN2CCN(CC(=O)Nc3cccc(F)c3)CC2)on1. The number of hydrogen-bond donors (Lipinski definition) is 2. The fraction of sp³-hybridized carbons (Fsp3) is 0.389. The van der Waals surface area contributed by atoms with E-state index in [0.29, 0.717) is 43.4 Å². The number of aryl methyl sites for hydroxylation is 1. The van der Waals surface area contributed by atoms with Crippen molar-refractivity contribution in [2.45, 2.75) is 6.92 Å². The number of piperazine rings is 1. The molecule has 1 fully saturated rings. The van der Waals surface area contributed by atoms with Gasteiger partial charge in [0.2, 0.25) is 17.7 Å². The van der Waals surface area contributed by atoms with Crippen molar-refractivity contribution in [3.8, 4) is 0 Å².